The summed E-state index contributed by atoms with van der Waals surface area (Å²) in [7, 11) is -2.05. The Labute approximate surface area is 113 Å². The fraction of sp³-hybridized carbons (Fsp3) is 0.818. The van der Waals surface area contributed by atoms with Gasteiger partial charge in [-0.3, -0.25) is 0 Å². The minimum atomic E-state index is -3.60. The normalized spacial score (nSPS) is 19.5. The molecule has 0 aliphatic heterocycles. The van der Waals surface area contributed by atoms with Crippen molar-refractivity contribution in [3.8, 4) is 0 Å². The predicted molar refractivity (Wildman–Crippen MR) is 70.7 cm³/mol. The lowest BCUT2D eigenvalue weighted by atomic mass is 9.84. The highest BCUT2D eigenvalue weighted by atomic mass is 32.2. The summed E-state index contributed by atoms with van der Waals surface area (Å²) in [6.07, 6.45) is 6.84. The maximum Gasteiger partial charge on any atom is 0.259 e. The summed E-state index contributed by atoms with van der Waals surface area (Å²) in [5.74, 6) is 0.328. The molecule has 1 unspecified atom stereocenters. The Morgan fingerprint density at radius 1 is 1.47 bits per heavy atom. The van der Waals surface area contributed by atoms with E-state index in [0.29, 0.717) is 12.5 Å². The zero-order chi connectivity index (χ0) is 13.9. The highest BCUT2D eigenvalue weighted by molar-refractivity contribution is 7.89. The quantitative estimate of drug-likeness (QED) is 0.793. The smallest absolute Gasteiger partial charge is 0.259 e. The molecule has 19 heavy (non-hydrogen) atoms. The summed E-state index contributed by atoms with van der Waals surface area (Å²) >= 11 is 0. The molecule has 0 spiro atoms. The van der Waals surface area contributed by atoms with Crippen molar-refractivity contribution in [3.63, 3.8) is 0 Å². The van der Waals surface area contributed by atoms with E-state index < -0.39 is 10.0 Å². The topological polar surface area (TPSA) is 103 Å². The van der Waals surface area contributed by atoms with E-state index in [9.17, 15) is 8.42 Å². The zero-order valence-electron chi connectivity index (χ0n) is 11.1. The first-order valence-corrected chi connectivity index (χ1v) is 8.10. The molecular formula is C11H21N5O2S. The first-order chi connectivity index (χ1) is 9.04. The average molecular weight is 287 g/mol. The first kappa shape index (κ1) is 14.4. The van der Waals surface area contributed by atoms with Crippen molar-refractivity contribution in [1.82, 2.24) is 19.7 Å². The van der Waals surface area contributed by atoms with Crippen molar-refractivity contribution in [2.24, 2.45) is 18.7 Å². The van der Waals surface area contributed by atoms with Gasteiger partial charge < -0.3 is 5.73 Å². The van der Waals surface area contributed by atoms with Gasteiger partial charge in [0.05, 0.1) is 6.20 Å². The Bertz CT molecular complexity index is 507. The van der Waals surface area contributed by atoms with Crippen LogP contribution in [-0.2, 0) is 17.1 Å². The third kappa shape index (κ3) is 3.31. The van der Waals surface area contributed by atoms with Gasteiger partial charge in [-0.2, -0.15) is 0 Å². The molecule has 1 saturated carbocycles. The lowest BCUT2D eigenvalue weighted by Gasteiger charge is -2.29. The molecule has 1 aliphatic carbocycles. The molecular weight excluding hydrogens is 266 g/mol. The van der Waals surface area contributed by atoms with Gasteiger partial charge >= 0.3 is 0 Å². The van der Waals surface area contributed by atoms with Crippen molar-refractivity contribution < 1.29 is 8.42 Å². The van der Waals surface area contributed by atoms with Gasteiger partial charge in [0, 0.05) is 19.6 Å². The monoisotopic (exact) mass is 287 g/mol. The van der Waals surface area contributed by atoms with Crippen LogP contribution in [0.4, 0.5) is 0 Å². The van der Waals surface area contributed by atoms with Crippen LogP contribution in [0.25, 0.3) is 0 Å². The van der Waals surface area contributed by atoms with E-state index in [-0.39, 0.29) is 11.1 Å². The van der Waals surface area contributed by atoms with Crippen molar-refractivity contribution in [3.05, 3.63) is 6.20 Å². The van der Waals surface area contributed by atoms with E-state index in [4.69, 9.17) is 5.73 Å². The van der Waals surface area contributed by atoms with Crippen molar-refractivity contribution >= 4 is 10.0 Å². The van der Waals surface area contributed by atoms with E-state index in [1.54, 1.807) is 7.05 Å². The molecule has 2 rings (SSSR count). The van der Waals surface area contributed by atoms with Gasteiger partial charge in [-0.25, -0.2) is 17.8 Å². The van der Waals surface area contributed by atoms with E-state index in [1.165, 1.54) is 17.3 Å². The third-order valence-electron chi connectivity index (χ3n) is 3.73. The number of nitrogens with two attached hydrogens (primary N) is 1. The average Bonchev–Trinajstić information content (AvgIpc) is 2.84. The molecule has 1 aromatic heterocycles. The van der Waals surface area contributed by atoms with Gasteiger partial charge in [-0.15, -0.1) is 5.10 Å². The number of aromatic nitrogens is 3. The summed E-state index contributed by atoms with van der Waals surface area (Å²) in [4.78, 5) is 0. The maximum atomic E-state index is 12.3. The van der Waals surface area contributed by atoms with E-state index >= 15 is 0 Å². The summed E-state index contributed by atoms with van der Waals surface area (Å²) in [5.41, 5.74) is 5.74. The number of rotatable bonds is 5. The molecule has 0 radical (unpaired) electrons. The minimum Gasteiger partial charge on any atom is -0.329 e. The molecule has 0 amide bonds. The lowest BCUT2D eigenvalue weighted by Crippen LogP contribution is -2.46. The van der Waals surface area contributed by atoms with Crippen molar-refractivity contribution in [2.45, 2.75) is 43.2 Å². The van der Waals surface area contributed by atoms with Crippen molar-refractivity contribution in [1.29, 1.82) is 0 Å². The second-order valence-electron chi connectivity index (χ2n) is 5.06. The van der Waals surface area contributed by atoms with Crippen LogP contribution in [0.15, 0.2) is 11.2 Å². The fourth-order valence-corrected chi connectivity index (χ4v) is 4.03. The highest BCUT2D eigenvalue weighted by Crippen LogP contribution is 2.26. The molecule has 1 aliphatic rings. The molecule has 0 aromatic carbocycles. The van der Waals surface area contributed by atoms with Crippen molar-refractivity contribution in [2.75, 3.05) is 6.54 Å². The number of hydrogen-bond acceptors (Lipinski definition) is 5. The zero-order valence-corrected chi connectivity index (χ0v) is 11.9. The largest absolute Gasteiger partial charge is 0.329 e. The summed E-state index contributed by atoms with van der Waals surface area (Å²) in [6.45, 7) is 0.315. The maximum absolute atomic E-state index is 12.3. The van der Waals surface area contributed by atoms with Crippen LogP contribution >= 0.6 is 0 Å². The number of aryl methyl sites for hydroxylation is 1. The molecule has 8 heteroatoms. The summed E-state index contributed by atoms with van der Waals surface area (Å²) < 4.78 is 28.5. The van der Waals surface area contributed by atoms with Gasteiger partial charge in [-0.1, -0.05) is 24.5 Å². The molecule has 1 heterocycles. The molecule has 0 bridgehead atoms. The summed E-state index contributed by atoms with van der Waals surface area (Å²) in [5, 5.41) is 7.31. The van der Waals surface area contributed by atoms with Crippen LogP contribution in [0.1, 0.15) is 32.1 Å². The molecule has 1 atom stereocenters. The first-order valence-electron chi connectivity index (χ1n) is 6.61. The molecule has 7 nitrogen and oxygen atoms in total. The summed E-state index contributed by atoms with van der Waals surface area (Å²) in [6, 6.07) is -0.208. The van der Waals surface area contributed by atoms with Crippen LogP contribution in [0.2, 0.25) is 0 Å². The van der Waals surface area contributed by atoms with Gasteiger partial charge in [0.2, 0.25) is 0 Å². The molecule has 1 fully saturated rings. The van der Waals surface area contributed by atoms with Crippen LogP contribution in [0.5, 0.6) is 0 Å². The van der Waals surface area contributed by atoms with Crippen LogP contribution in [0, 0.1) is 5.92 Å². The van der Waals surface area contributed by atoms with Crippen LogP contribution < -0.4 is 10.5 Å². The Hall–Kier alpha value is -0.990. The van der Waals surface area contributed by atoms with Crippen LogP contribution in [-0.4, -0.2) is 36.0 Å². The number of hydrogen-bond donors (Lipinski definition) is 2. The van der Waals surface area contributed by atoms with E-state index in [0.717, 1.165) is 25.7 Å². The number of nitrogens with zero attached hydrogens (tertiary/aromatic N) is 3. The second-order valence-corrected chi connectivity index (χ2v) is 6.72. The Morgan fingerprint density at radius 2 is 2.16 bits per heavy atom. The van der Waals surface area contributed by atoms with E-state index in [2.05, 4.69) is 15.0 Å². The third-order valence-corrected chi connectivity index (χ3v) is 5.26. The molecule has 108 valence electrons. The minimum absolute atomic E-state index is 0.0711. The molecule has 1 aromatic rings. The number of nitrogens with one attached hydrogen (secondary N) is 1. The molecule has 0 saturated heterocycles. The Morgan fingerprint density at radius 3 is 2.68 bits per heavy atom. The standard InChI is InChI=1S/C11H21N5O2S/c1-16-11(8-13-15-16)19(17,18)14-10(7-12)9-5-3-2-4-6-9/h8-10,14H,2-7,12H2,1H3. The van der Waals surface area contributed by atoms with Crippen LogP contribution in [0.3, 0.4) is 0 Å². The van der Waals surface area contributed by atoms with Gasteiger partial charge in [0.25, 0.3) is 10.0 Å². The second kappa shape index (κ2) is 5.98. The molecule has 3 N–H and O–H groups in total. The van der Waals surface area contributed by atoms with Gasteiger partial charge in [0.15, 0.2) is 5.03 Å². The lowest BCUT2D eigenvalue weighted by molar-refractivity contribution is 0.293. The Kier molecular flexibility index (Phi) is 4.54. The predicted octanol–water partition coefficient (Wildman–Crippen LogP) is 0.00100. The van der Waals surface area contributed by atoms with Gasteiger partial charge in [0.1, 0.15) is 0 Å². The van der Waals surface area contributed by atoms with E-state index in [1.807, 2.05) is 0 Å². The number of sulfonamides is 1. The fourth-order valence-electron chi connectivity index (χ4n) is 2.66. The SMILES string of the molecule is Cn1nncc1S(=O)(=O)NC(CN)C1CCCCC1. The highest BCUT2D eigenvalue weighted by Gasteiger charge is 2.28. The Balaban J connectivity index is 2.11. The van der Waals surface area contributed by atoms with Gasteiger partial charge in [-0.05, 0) is 18.8 Å².